The molecule has 98 valence electrons. The van der Waals surface area contributed by atoms with E-state index in [1.54, 1.807) is 12.1 Å². The number of halogens is 1. The number of hydrogen-bond acceptors (Lipinski definition) is 1. The van der Waals surface area contributed by atoms with Crippen LogP contribution in [0.4, 0.5) is 4.39 Å². The Bertz CT molecular complexity index is 585. The van der Waals surface area contributed by atoms with E-state index in [2.05, 4.69) is 6.92 Å². The molecule has 0 N–H and O–H groups in total. The minimum Gasteiger partial charge on any atom is -0.294 e. The molecule has 2 aromatic rings. The summed E-state index contributed by atoms with van der Waals surface area (Å²) in [5.41, 5.74) is 3.23. The molecule has 0 spiro atoms. The van der Waals surface area contributed by atoms with Gasteiger partial charge in [-0.2, -0.15) is 0 Å². The lowest BCUT2D eigenvalue weighted by molar-refractivity contribution is 0.0989. The van der Waals surface area contributed by atoms with Crippen LogP contribution in [0.25, 0.3) is 0 Å². The third kappa shape index (κ3) is 3.28. The molecule has 0 aliphatic rings. The molecule has 0 radical (unpaired) electrons. The highest BCUT2D eigenvalue weighted by Gasteiger charge is 2.12. The first-order valence-electron chi connectivity index (χ1n) is 6.47. The topological polar surface area (TPSA) is 17.1 Å². The van der Waals surface area contributed by atoms with Crippen molar-refractivity contribution in [3.8, 4) is 0 Å². The van der Waals surface area contributed by atoms with Gasteiger partial charge in [0.25, 0.3) is 0 Å². The summed E-state index contributed by atoms with van der Waals surface area (Å²) >= 11 is 0. The summed E-state index contributed by atoms with van der Waals surface area (Å²) in [5.74, 6) is -0.619. The largest absolute Gasteiger partial charge is 0.294 e. The highest BCUT2D eigenvalue weighted by Crippen LogP contribution is 2.14. The summed E-state index contributed by atoms with van der Waals surface area (Å²) in [7, 11) is 0. The Balaban J connectivity index is 2.18. The highest BCUT2D eigenvalue weighted by atomic mass is 19.1. The van der Waals surface area contributed by atoms with E-state index in [1.165, 1.54) is 11.6 Å². The summed E-state index contributed by atoms with van der Waals surface area (Å²) < 4.78 is 13.6. The van der Waals surface area contributed by atoms with Crippen molar-refractivity contribution in [1.82, 2.24) is 0 Å². The molecule has 0 amide bonds. The van der Waals surface area contributed by atoms with Gasteiger partial charge >= 0.3 is 0 Å². The number of benzene rings is 2. The van der Waals surface area contributed by atoms with E-state index in [0.29, 0.717) is 0 Å². The van der Waals surface area contributed by atoms with Crippen LogP contribution in [0.15, 0.2) is 42.5 Å². The standard InChI is InChI=1S/C17H17FO/c1-3-13-5-7-14(8-6-13)11-17(19)15-10-12(2)4-9-16(15)18/h4-10H,3,11H2,1-2H3. The number of carbonyl (C=O) groups excluding carboxylic acids is 1. The zero-order valence-corrected chi connectivity index (χ0v) is 11.2. The van der Waals surface area contributed by atoms with Gasteiger partial charge in [0.05, 0.1) is 5.56 Å². The minimum atomic E-state index is -0.444. The monoisotopic (exact) mass is 256 g/mol. The molecule has 2 rings (SSSR count). The summed E-state index contributed by atoms with van der Waals surface area (Å²) in [6.45, 7) is 3.94. The lowest BCUT2D eigenvalue weighted by atomic mass is 10.00. The van der Waals surface area contributed by atoms with E-state index in [9.17, 15) is 9.18 Å². The molecule has 0 aliphatic carbocycles. The van der Waals surface area contributed by atoms with Crippen molar-refractivity contribution in [2.24, 2.45) is 0 Å². The molecule has 2 aromatic carbocycles. The predicted octanol–water partition coefficient (Wildman–Crippen LogP) is 4.12. The predicted molar refractivity (Wildman–Crippen MR) is 75.0 cm³/mol. The fourth-order valence-corrected chi connectivity index (χ4v) is 2.03. The zero-order chi connectivity index (χ0) is 13.8. The molecule has 19 heavy (non-hydrogen) atoms. The van der Waals surface area contributed by atoms with Crippen molar-refractivity contribution >= 4 is 5.78 Å². The van der Waals surface area contributed by atoms with Crippen LogP contribution in [-0.2, 0) is 12.8 Å². The normalized spacial score (nSPS) is 10.5. The first kappa shape index (κ1) is 13.5. The molecule has 1 nitrogen and oxygen atoms in total. The van der Waals surface area contributed by atoms with Gasteiger partial charge in [0.15, 0.2) is 5.78 Å². The Morgan fingerprint density at radius 3 is 2.32 bits per heavy atom. The Morgan fingerprint density at radius 2 is 1.68 bits per heavy atom. The third-order valence-corrected chi connectivity index (χ3v) is 3.22. The van der Waals surface area contributed by atoms with Crippen molar-refractivity contribution in [2.75, 3.05) is 0 Å². The van der Waals surface area contributed by atoms with Crippen LogP contribution in [-0.4, -0.2) is 5.78 Å². The molecule has 0 unspecified atom stereocenters. The van der Waals surface area contributed by atoms with E-state index in [0.717, 1.165) is 17.5 Å². The maximum atomic E-state index is 13.6. The molecule has 0 saturated carbocycles. The first-order valence-corrected chi connectivity index (χ1v) is 6.47. The van der Waals surface area contributed by atoms with Crippen molar-refractivity contribution < 1.29 is 9.18 Å². The van der Waals surface area contributed by atoms with E-state index >= 15 is 0 Å². The first-order chi connectivity index (χ1) is 9.10. The Hall–Kier alpha value is -1.96. The fraction of sp³-hybridized carbons (Fsp3) is 0.235. The maximum absolute atomic E-state index is 13.6. The number of hydrogen-bond donors (Lipinski definition) is 0. The Kier molecular flexibility index (Phi) is 4.10. The fourth-order valence-electron chi connectivity index (χ4n) is 2.03. The lowest BCUT2D eigenvalue weighted by Gasteiger charge is -2.05. The second kappa shape index (κ2) is 5.79. The molecule has 2 heteroatoms. The molecule has 0 aromatic heterocycles. The van der Waals surface area contributed by atoms with Gasteiger partial charge < -0.3 is 0 Å². The van der Waals surface area contributed by atoms with Crippen LogP contribution < -0.4 is 0 Å². The molecule has 0 fully saturated rings. The molecule has 0 atom stereocenters. The van der Waals surface area contributed by atoms with Crippen molar-refractivity contribution in [2.45, 2.75) is 26.7 Å². The second-order valence-corrected chi connectivity index (χ2v) is 4.75. The summed E-state index contributed by atoms with van der Waals surface area (Å²) in [4.78, 5) is 12.1. The van der Waals surface area contributed by atoms with Gasteiger partial charge in [0.2, 0.25) is 0 Å². The van der Waals surface area contributed by atoms with Crippen LogP contribution >= 0.6 is 0 Å². The summed E-state index contributed by atoms with van der Waals surface area (Å²) in [5, 5.41) is 0. The lowest BCUT2D eigenvalue weighted by Crippen LogP contribution is -2.06. The molecular formula is C17H17FO. The maximum Gasteiger partial charge on any atom is 0.170 e. The van der Waals surface area contributed by atoms with Crippen molar-refractivity contribution in [3.63, 3.8) is 0 Å². The van der Waals surface area contributed by atoms with Crippen LogP contribution in [0.1, 0.15) is 34.0 Å². The van der Waals surface area contributed by atoms with E-state index in [4.69, 9.17) is 0 Å². The number of ketones is 1. The number of Topliss-reactive ketones (excluding diaryl/α,β-unsaturated/α-hetero) is 1. The summed E-state index contributed by atoms with van der Waals surface area (Å²) in [6, 6.07) is 12.5. The number of carbonyl (C=O) groups is 1. The third-order valence-electron chi connectivity index (χ3n) is 3.22. The van der Waals surface area contributed by atoms with Crippen LogP contribution in [0, 0.1) is 12.7 Å². The summed E-state index contributed by atoms with van der Waals surface area (Å²) in [6.07, 6.45) is 1.21. The van der Waals surface area contributed by atoms with Gasteiger partial charge in [-0.1, -0.05) is 42.8 Å². The second-order valence-electron chi connectivity index (χ2n) is 4.75. The molecule has 0 bridgehead atoms. The van der Waals surface area contributed by atoms with Crippen LogP contribution in [0.5, 0.6) is 0 Å². The smallest absolute Gasteiger partial charge is 0.170 e. The van der Waals surface area contributed by atoms with Crippen LogP contribution in [0.3, 0.4) is 0 Å². The minimum absolute atomic E-state index is 0.176. The van der Waals surface area contributed by atoms with E-state index in [-0.39, 0.29) is 17.8 Å². The highest BCUT2D eigenvalue weighted by molar-refractivity contribution is 5.97. The molecule has 0 heterocycles. The number of rotatable bonds is 4. The van der Waals surface area contributed by atoms with Gasteiger partial charge in [-0.25, -0.2) is 4.39 Å². The van der Waals surface area contributed by atoms with Gasteiger partial charge in [-0.15, -0.1) is 0 Å². The van der Waals surface area contributed by atoms with Crippen LogP contribution in [0.2, 0.25) is 0 Å². The van der Waals surface area contributed by atoms with Gasteiger partial charge in [0, 0.05) is 6.42 Å². The average molecular weight is 256 g/mol. The van der Waals surface area contributed by atoms with E-state index in [1.807, 2.05) is 31.2 Å². The quantitative estimate of drug-likeness (QED) is 0.752. The SMILES string of the molecule is CCc1ccc(CC(=O)c2cc(C)ccc2F)cc1. The van der Waals surface area contributed by atoms with Crippen molar-refractivity contribution in [3.05, 3.63) is 70.5 Å². The molecular weight excluding hydrogens is 239 g/mol. The molecule has 0 aliphatic heterocycles. The number of aryl methyl sites for hydroxylation is 2. The Labute approximate surface area is 113 Å². The van der Waals surface area contributed by atoms with Crippen molar-refractivity contribution in [1.29, 1.82) is 0 Å². The molecule has 0 saturated heterocycles. The zero-order valence-electron chi connectivity index (χ0n) is 11.2. The van der Waals surface area contributed by atoms with Gasteiger partial charge in [-0.3, -0.25) is 4.79 Å². The Morgan fingerprint density at radius 1 is 1.05 bits per heavy atom. The van der Waals surface area contributed by atoms with Gasteiger partial charge in [-0.05, 0) is 36.6 Å². The average Bonchev–Trinajstić information content (AvgIpc) is 2.42. The van der Waals surface area contributed by atoms with Gasteiger partial charge in [0.1, 0.15) is 5.82 Å². The van der Waals surface area contributed by atoms with E-state index < -0.39 is 5.82 Å².